The van der Waals surface area contributed by atoms with Crippen LogP contribution < -0.4 is 10.6 Å². The van der Waals surface area contributed by atoms with E-state index in [2.05, 4.69) is 0 Å². The van der Waals surface area contributed by atoms with Gasteiger partial charge < -0.3 is 5.73 Å². The molecule has 1 aliphatic rings. The van der Waals surface area contributed by atoms with Gasteiger partial charge in [0.25, 0.3) is 5.91 Å². The zero-order valence-electron chi connectivity index (χ0n) is 11.1. The lowest BCUT2D eigenvalue weighted by molar-refractivity contribution is -0.116. The number of nitrogens with two attached hydrogens (primary N) is 1. The predicted molar refractivity (Wildman–Crippen MR) is 77.6 cm³/mol. The summed E-state index contributed by atoms with van der Waals surface area (Å²) >= 11 is 1.17. The van der Waals surface area contributed by atoms with Gasteiger partial charge in [0, 0.05) is 5.69 Å². The molecule has 5 nitrogen and oxygen atoms in total. The van der Waals surface area contributed by atoms with Gasteiger partial charge in [0.15, 0.2) is 0 Å². The first-order valence-corrected chi connectivity index (χ1v) is 6.85. The predicted octanol–water partition coefficient (Wildman–Crippen LogP) is 1.68. The molecular formula is C14H13N3O2S. The summed E-state index contributed by atoms with van der Waals surface area (Å²) in [4.78, 5) is 25.0. The smallest absolute Gasteiger partial charge is 0.262 e. The van der Waals surface area contributed by atoms with Gasteiger partial charge in [0.2, 0.25) is 5.91 Å². The van der Waals surface area contributed by atoms with E-state index in [0.717, 1.165) is 5.56 Å². The molecule has 1 atom stereocenters. The van der Waals surface area contributed by atoms with Crippen molar-refractivity contribution in [2.45, 2.75) is 19.1 Å². The Morgan fingerprint density at radius 3 is 2.50 bits per heavy atom. The van der Waals surface area contributed by atoms with Gasteiger partial charge in [0.05, 0.1) is 5.25 Å². The maximum Gasteiger partial charge on any atom is 0.262 e. The van der Waals surface area contributed by atoms with Crippen molar-refractivity contribution in [1.29, 1.82) is 5.26 Å². The van der Waals surface area contributed by atoms with Crippen LogP contribution in [0.4, 0.5) is 5.69 Å². The van der Waals surface area contributed by atoms with Crippen LogP contribution in [-0.4, -0.2) is 17.1 Å². The monoisotopic (exact) mass is 287 g/mol. The van der Waals surface area contributed by atoms with Gasteiger partial charge in [-0.15, -0.1) is 0 Å². The van der Waals surface area contributed by atoms with Crippen LogP contribution in [0.3, 0.4) is 0 Å². The van der Waals surface area contributed by atoms with Crippen molar-refractivity contribution in [3.8, 4) is 6.07 Å². The van der Waals surface area contributed by atoms with Crippen LogP contribution in [0.1, 0.15) is 12.5 Å². The molecule has 2 amide bonds. The fourth-order valence-corrected chi connectivity index (χ4v) is 2.98. The van der Waals surface area contributed by atoms with Gasteiger partial charge >= 0.3 is 0 Å². The van der Waals surface area contributed by atoms with Crippen LogP contribution in [-0.2, 0) is 9.59 Å². The molecule has 102 valence electrons. The summed E-state index contributed by atoms with van der Waals surface area (Å²) in [7, 11) is 0. The van der Waals surface area contributed by atoms with Crippen molar-refractivity contribution < 1.29 is 9.59 Å². The number of hydrogen-bond donors (Lipinski definition) is 1. The van der Waals surface area contributed by atoms with Crippen LogP contribution in [0.5, 0.6) is 0 Å². The molecule has 0 unspecified atom stereocenters. The number of carbonyl (C=O) groups excluding carboxylic acids is 2. The zero-order valence-corrected chi connectivity index (χ0v) is 11.9. The first-order chi connectivity index (χ1) is 9.45. The van der Waals surface area contributed by atoms with Crippen LogP contribution in [0.25, 0.3) is 0 Å². The minimum absolute atomic E-state index is 0.164. The Balaban J connectivity index is 2.58. The van der Waals surface area contributed by atoms with E-state index in [1.807, 2.05) is 19.1 Å². The molecule has 0 saturated carbocycles. The Kier molecular flexibility index (Phi) is 3.81. The maximum atomic E-state index is 12.3. The number of nitriles is 1. The molecular weight excluding hydrogens is 274 g/mol. The highest BCUT2D eigenvalue weighted by molar-refractivity contribution is 8.05. The number of carbonyl (C=O) groups is 2. The van der Waals surface area contributed by atoms with Crippen molar-refractivity contribution in [2.24, 2.45) is 5.73 Å². The van der Waals surface area contributed by atoms with Gasteiger partial charge in [0.1, 0.15) is 16.7 Å². The number of benzene rings is 1. The third-order valence-electron chi connectivity index (χ3n) is 2.92. The number of rotatable bonds is 2. The number of anilines is 1. The lowest BCUT2D eigenvalue weighted by Crippen LogP contribution is -2.29. The highest BCUT2D eigenvalue weighted by Crippen LogP contribution is 2.40. The van der Waals surface area contributed by atoms with Gasteiger partial charge in [-0.2, -0.15) is 5.26 Å². The van der Waals surface area contributed by atoms with E-state index in [-0.39, 0.29) is 16.7 Å². The molecule has 6 heteroatoms. The van der Waals surface area contributed by atoms with Gasteiger partial charge in [-0.25, -0.2) is 0 Å². The molecule has 1 saturated heterocycles. The number of amides is 2. The largest absolute Gasteiger partial charge is 0.365 e. The van der Waals surface area contributed by atoms with Crippen LogP contribution in [0.15, 0.2) is 34.9 Å². The second-order valence-electron chi connectivity index (χ2n) is 4.43. The van der Waals surface area contributed by atoms with E-state index in [1.165, 1.54) is 16.7 Å². The minimum Gasteiger partial charge on any atom is -0.365 e. The van der Waals surface area contributed by atoms with Crippen LogP contribution >= 0.6 is 11.8 Å². The second kappa shape index (κ2) is 5.39. The molecule has 2 rings (SSSR count). The summed E-state index contributed by atoms with van der Waals surface area (Å²) in [6, 6.07) is 9.08. The Labute approximate surface area is 121 Å². The van der Waals surface area contributed by atoms with E-state index in [0.29, 0.717) is 10.7 Å². The summed E-state index contributed by atoms with van der Waals surface area (Å²) in [5.41, 5.74) is 6.71. The number of thioether (sulfide) groups is 1. The fourth-order valence-electron chi connectivity index (χ4n) is 1.87. The summed E-state index contributed by atoms with van der Waals surface area (Å²) in [5.74, 6) is -0.989. The lowest BCUT2D eigenvalue weighted by Gasteiger charge is -2.18. The fraction of sp³-hybridized carbons (Fsp3) is 0.214. The van der Waals surface area contributed by atoms with Gasteiger partial charge in [-0.05, 0) is 26.0 Å². The molecule has 1 heterocycles. The summed E-state index contributed by atoms with van der Waals surface area (Å²) in [5, 5.41) is 9.03. The Morgan fingerprint density at radius 2 is 2.00 bits per heavy atom. The first kappa shape index (κ1) is 14.2. The molecule has 2 N–H and O–H groups in total. The highest BCUT2D eigenvalue weighted by Gasteiger charge is 2.37. The van der Waals surface area contributed by atoms with Crippen molar-refractivity contribution in [2.75, 3.05) is 4.90 Å². The Bertz CT molecular complexity index is 643. The molecule has 0 aliphatic carbocycles. The van der Waals surface area contributed by atoms with Crippen molar-refractivity contribution in [3.63, 3.8) is 0 Å². The normalized spacial score (nSPS) is 20.8. The third kappa shape index (κ3) is 2.40. The molecule has 0 radical (unpaired) electrons. The number of hydrogen-bond acceptors (Lipinski definition) is 4. The Morgan fingerprint density at radius 1 is 1.40 bits per heavy atom. The van der Waals surface area contributed by atoms with E-state index in [1.54, 1.807) is 25.1 Å². The molecule has 0 aromatic heterocycles. The lowest BCUT2D eigenvalue weighted by atomic mass is 10.2. The van der Waals surface area contributed by atoms with Crippen LogP contribution in [0.2, 0.25) is 0 Å². The minimum atomic E-state index is -0.825. The SMILES string of the molecule is Cc1ccc(N2C(=O)[C@@H](C)S/C2=C(/C#N)C(N)=O)cc1. The topological polar surface area (TPSA) is 87.2 Å². The average Bonchev–Trinajstić information content (AvgIpc) is 2.68. The molecule has 0 bridgehead atoms. The van der Waals surface area contributed by atoms with E-state index in [4.69, 9.17) is 11.0 Å². The number of primary amides is 1. The standard InChI is InChI=1S/C14H13N3O2S/c1-8-3-5-10(6-4-8)17-13(19)9(2)20-14(17)11(7-15)12(16)18/h3-6,9H,1-2H3,(H2,16,18)/b14-11-/t9-/m1/s1. The highest BCUT2D eigenvalue weighted by atomic mass is 32.2. The molecule has 1 aromatic rings. The summed E-state index contributed by atoms with van der Waals surface area (Å²) < 4.78 is 0. The zero-order chi connectivity index (χ0) is 14.9. The molecule has 20 heavy (non-hydrogen) atoms. The quantitative estimate of drug-likeness (QED) is 0.662. The van der Waals surface area contributed by atoms with Gasteiger partial charge in [-0.3, -0.25) is 14.5 Å². The molecule has 1 fully saturated rings. The Hall–Kier alpha value is -2.26. The first-order valence-electron chi connectivity index (χ1n) is 5.97. The molecule has 1 aromatic carbocycles. The van der Waals surface area contributed by atoms with E-state index in [9.17, 15) is 9.59 Å². The summed E-state index contributed by atoms with van der Waals surface area (Å²) in [6.45, 7) is 3.67. The van der Waals surface area contributed by atoms with Crippen molar-refractivity contribution in [3.05, 3.63) is 40.4 Å². The average molecular weight is 287 g/mol. The third-order valence-corrected chi connectivity index (χ3v) is 4.09. The van der Waals surface area contributed by atoms with E-state index < -0.39 is 5.91 Å². The molecule has 1 aliphatic heterocycles. The molecule has 0 spiro atoms. The summed E-state index contributed by atoms with van der Waals surface area (Å²) in [6.07, 6.45) is 0. The number of nitrogens with zero attached hydrogens (tertiary/aromatic N) is 2. The van der Waals surface area contributed by atoms with Crippen molar-refractivity contribution >= 4 is 29.3 Å². The van der Waals surface area contributed by atoms with Crippen LogP contribution in [0, 0.1) is 18.3 Å². The maximum absolute atomic E-state index is 12.3. The van der Waals surface area contributed by atoms with Crippen molar-refractivity contribution in [1.82, 2.24) is 0 Å². The number of aryl methyl sites for hydroxylation is 1. The van der Waals surface area contributed by atoms with E-state index >= 15 is 0 Å². The van der Waals surface area contributed by atoms with Gasteiger partial charge in [-0.1, -0.05) is 29.5 Å². The second-order valence-corrected chi connectivity index (χ2v) is 5.75.